The average molecular weight is 281 g/mol. The molecule has 21 heavy (non-hydrogen) atoms. The first kappa shape index (κ1) is 14.1. The molecule has 2 nitrogen and oxygen atoms in total. The van der Waals surface area contributed by atoms with Crippen molar-refractivity contribution in [1.82, 2.24) is 4.98 Å². The molecular formula is C19H23NO. The summed E-state index contributed by atoms with van der Waals surface area (Å²) in [5.74, 6) is 2.26. The lowest BCUT2D eigenvalue weighted by Gasteiger charge is -2.21. The fraction of sp³-hybridized carbons (Fsp3) is 0.421. The van der Waals surface area contributed by atoms with E-state index < -0.39 is 0 Å². The van der Waals surface area contributed by atoms with Gasteiger partial charge in [0.15, 0.2) is 0 Å². The molecule has 1 atom stereocenters. The van der Waals surface area contributed by atoms with Crippen molar-refractivity contribution in [2.24, 2.45) is 5.92 Å². The van der Waals surface area contributed by atoms with E-state index in [2.05, 4.69) is 41.4 Å². The third kappa shape index (κ3) is 3.44. The van der Waals surface area contributed by atoms with Crippen molar-refractivity contribution in [1.29, 1.82) is 0 Å². The molecule has 0 amide bonds. The predicted octanol–water partition coefficient (Wildman–Crippen LogP) is 4.80. The van der Waals surface area contributed by atoms with Gasteiger partial charge in [-0.3, -0.25) is 4.98 Å². The molecule has 1 fully saturated rings. The predicted molar refractivity (Wildman–Crippen MR) is 85.6 cm³/mol. The highest BCUT2D eigenvalue weighted by Crippen LogP contribution is 2.37. The zero-order valence-electron chi connectivity index (χ0n) is 12.7. The van der Waals surface area contributed by atoms with Crippen LogP contribution >= 0.6 is 0 Å². The van der Waals surface area contributed by atoms with E-state index in [1.165, 1.54) is 43.2 Å². The maximum Gasteiger partial charge on any atom is 0.118 e. The van der Waals surface area contributed by atoms with Gasteiger partial charge >= 0.3 is 0 Å². The lowest BCUT2D eigenvalue weighted by molar-refractivity contribution is 0.414. The van der Waals surface area contributed by atoms with E-state index in [1.807, 2.05) is 12.4 Å². The summed E-state index contributed by atoms with van der Waals surface area (Å²) in [5, 5.41) is 0. The SMILES string of the molecule is COc1ccc(C(CC2CCCC2)c2ccncc2)cc1. The molecule has 0 N–H and O–H groups in total. The van der Waals surface area contributed by atoms with Crippen molar-refractivity contribution < 1.29 is 4.74 Å². The molecule has 2 heteroatoms. The zero-order chi connectivity index (χ0) is 14.5. The second kappa shape index (κ2) is 6.75. The fourth-order valence-electron chi connectivity index (χ4n) is 3.48. The molecule has 0 bridgehead atoms. The first-order valence-electron chi connectivity index (χ1n) is 7.90. The van der Waals surface area contributed by atoms with Crippen LogP contribution in [0.1, 0.15) is 49.1 Å². The van der Waals surface area contributed by atoms with Crippen molar-refractivity contribution in [2.75, 3.05) is 7.11 Å². The smallest absolute Gasteiger partial charge is 0.118 e. The van der Waals surface area contributed by atoms with Gasteiger partial charge in [-0.1, -0.05) is 37.8 Å². The van der Waals surface area contributed by atoms with Gasteiger partial charge in [-0.05, 0) is 47.7 Å². The Morgan fingerprint density at radius 2 is 1.62 bits per heavy atom. The molecule has 110 valence electrons. The van der Waals surface area contributed by atoms with E-state index in [1.54, 1.807) is 7.11 Å². The van der Waals surface area contributed by atoms with Crippen LogP contribution in [0.15, 0.2) is 48.8 Å². The van der Waals surface area contributed by atoms with E-state index in [0.29, 0.717) is 5.92 Å². The lowest BCUT2D eigenvalue weighted by Crippen LogP contribution is -2.07. The largest absolute Gasteiger partial charge is 0.497 e. The normalized spacial score (nSPS) is 16.8. The lowest BCUT2D eigenvalue weighted by atomic mass is 9.83. The minimum absolute atomic E-state index is 0.474. The summed E-state index contributed by atoms with van der Waals surface area (Å²) in [6.07, 6.45) is 10.6. The number of pyridine rings is 1. The quantitative estimate of drug-likeness (QED) is 0.785. The monoisotopic (exact) mass is 281 g/mol. The van der Waals surface area contributed by atoms with Gasteiger partial charge in [0.05, 0.1) is 7.11 Å². The summed E-state index contributed by atoms with van der Waals surface area (Å²) in [6.45, 7) is 0. The van der Waals surface area contributed by atoms with Gasteiger partial charge in [-0.25, -0.2) is 0 Å². The van der Waals surface area contributed by atoms with Crippen LogP contribution in [0.2, 0.25) is 0 Å². The Morgan fingerprint density at radius 1 is 1.00 bits per heavy atom. The van der Waals surface area contributed by atoms with Gasteiger partial charge in [0, 0.05) is 18.3 Å². The molecule has 1 saturated carbocycles. The van der Waals surface area contributed by atoms with E-state index in [9.17, 15) is 0 Å². The van der Waals surface area contributed by atoms with Crippen molar-refractivity contribution >= 4 is 0 Å². The molecule has 1 aromatic carbocycles. The van der Waals surface area contributed by atoms with Crippen molar-refractivity contribution in [3.05, 3.63) is 59.9 Å². The molecule has 3 rings (SSSR count). The minimum atomic E-state index is 0.474. The van der Waals surface area contributed by atoms with Crippen LogP contribution in [0.5, 0.6) is 5.75 Å². The number of aromatic nitrogens is 1. The third-order valence-corrected chi connectivity index (χ3v) is 4.67. The Morgan fingerprint density at radius 3 is 2.24 bits per heavy atom. The van der Waals surface area contributed by atoms with Crippen LogP contribution < -0.4 is 4.74 Å². The van der Waals surface area contributed by atoms with Crippen LogP contribution in [0.4, 0.5) is 0 Å². The second-order valence-electron chi connectivity index (χ2n) is 5.99. The van der Waals surface area contributed by atoms with Crippen LogP contribution in [-0.4, -0.2) is 12.1 Å². The van der Waals surface area contributed by atoms with Crippen LogP contribution in [0, 0.1) is 5.92 Å². The Kier molecular flexibility index (Phi) is 4.54. The fourth-order valence-corrected chi connectivity index (χ4v) is 3.48. The van der Waals surface area contributed by atoms with Gasteiger partial charge < -0.3 is 4.74 Å². The molecule has 1 aliphatic carbocycles. The summed E-state index contributed by atoms with van der Waals surface area (Å²) in [7, 11) is 1.72. The highest BCUT2D eigenvalue weighted by Gasteiger charge is 2.22. The van der Waals surface area contributed by atoms with Gasteiger partial charge in [0.25, 0.3) is 0 Å². The minimum Gasteiger partial charge on any atom is -0.497 e. The molecule has 1 aromatic heterocycles. The second-order valence-corrected chi connectivity index (χ2v) is 5.99. The Balaban J connectivity index is 1.86. The molecule has 1 heterocycles. The van der Waals surface area contributed by atoms with E-state index in [0.717, 1.165) is 11.7 Å². The Bertz CT molecular complexity index is 544. The Hall–Kier alpha value is -1.83. The molecule has 0 spiro atoms. The van der Waals surface area contributed by atoms with Crippen LogP contribution in [0.25, 0.3) is 0 Å². The number of benzene rings is 1. The summed E-state index contributed by atoms with van der Waals surface area (Å²) in [5.41, 5.74) is 2.76. The first-order chi connectivity index (χ1) is 10.4. The topological polar surface area (TPSA) is 22.1 Å². The van der Waals surface area contributed by atoms with E-state index >= 15 is 0 Å². The maximum absolute atomic E-state index is 5.28. The third-order valence-electron chi connectivity index (χ3n) is 4.67. The maximum atomic E-state index is 5.28. The molecule has 2 aromatic rings. The molecule has 0 radical (unpaired) electrons. The number of rotatable bonds is 5. The zero-order valence-corrected chi connectivity index (χ0v) is 12.7. The van der Waals surface area contributed by atoms with Crippen molar-refractivity contribution in [2.45, 2.75) is 38.0 Å². The van der Waals surface area contributed by atoms with E-state index in [-0.39, 0.29) is 0 Å². The van der Waals surface area contributed by atoms with Gasteiger partial charge in [0.2, 0.25) is 0 Å². The highest BCUT2D eigenvalue weighted by atomic mass is 16.5. The van der Waals surface area contributed by atoms with Gasteiger partial charge in [-0.15, -0.1) is 0 Å². The number of methoxy groups -OCH3 is 1. The Labute approximate surface area is 127 Å². The molecule has 0 saturated heterocycles. The molecule has 1 unspecified atom stereocenters. The number of hydrogen-bond donors (Lipinski definition) is 0. The number of hydrogen-bond acceptors (Lipinski definition) is 2. The van der Waals surface area contributed by atoms with Crippen molar-refractivity contribution in [3.63, 3.8) is 0 Å². The summed E-state index contributed by atoms with van der Waals surface area (Å²) in [6, 6.07) is 12.9. The van der Waals surface area contributed by atoms with E-state index in [4.69, 9.17) is 4.74 Å². The van der Waals surface area contributed by atoms with Crippen LogP contribution in [-0.2, 0) is 0 Å². The standard InChI is InChI=1S/C19H23NO/c1-21-18-8-6-16(7-9-18)19(14-15-4-2-3-5-15)17-10-12-20-13-11-17/h6-13,15,19H,2-5,14H2,1H3. The first-order valence-corrected chi connectivity index (χ1v) is 7.90. The molecule has 1 aliphatic rings. The van der Waals surface area contributed by atoms with Gasteiger partial charge in [-0.2, -0.15) is 0 Å². The summed E-state index contributed by atoms with van der Waals surface area (Å²) >= 11 is 0. The summed E-state index contributed by atoms with van der Waals surface area (Å²) < 4.78 is 5.28. The van der Waals surface area contributed by atoms with Crippen molar-refractivity contribution in [3.8, 4) is 5.75 Å². The van der Waals surface area contributed by atoms with Gasteiger partial charge in [0.1, 0.15) is 5.75 Å². The molecular weight excluding hydrogens is 258 g/mol. The number of nitrogens with zero attached hydrogens (tertiary/aromatic N) is 1. The highest BCUT2D eigenvalue weighted by molar-refractivity contribution is 5.35. The number of ether oxygens (including phenoxy) is 1. The van der Waals surface area contributed by atoms with Crippen LogP contribution in [0.3, 0.4) is 0 Å². The molecule has 0 aliphatic heterocycles. The average Bonchev–Trinajstić information content (AvgIpc) is 3.07. The summed E-state index contributed by atoms with van der Waals surface area (Å²) in [4.78, 5) is 4.16.